The summed E-state index contributed by atoms with van der Waals surface area (Å²) in [4.78, 5) is 15.1. The lowest BCUT2D eigenvalue weighted by Crippen LogP contribution is -2.19. The van der Waals surface area contributed by atoms with Gasteiger partial charge >= 0.3 is 0 Å². The van der Waals surface area contributed by atoms with Gasteiger partial charge in [0.25, 0.3) is 15.9 Å². The zero-order valence-electron chi connectivity index (χ0n) is 19.3. The van der Waals surface area contributed by atoms with E-state index in [1.165, 1.54) is 59.8 Å². The number of para-hydroxylation sites is 1. The normalized spacial score (nSPS) is 12.8. The molecule has 0 spiro atoms. The average molecular weight is 502 g/mol. The van der Waals surface area contributed by atoms with E-state index >= 15 is 0 Å². The van der Waals surface area contributed by atoms with Gasteiger partial charge in [0.2, 0.25) is 0 Å². The van der Waals surface area contributed by atoms with Crippen molar-refractivity contribution >= 4 is 33.0 Å². The van der Waals surface area contributed by atoms with Gasteiger partial charge in [-0.1, -0.05) is 30.3 Å². The van der Waals surface area contributed by atoms with Gasteiger partial charge in [0.05, 0.1) is 4.90 Å². The monoisotopic (exact) mass is 501 g/mol. The topological polar surface area (TPSA) is 78.5 Å². The van der Waals surface area contributed by atoms with Gasteiger partial charge in [-0.25, -0.2) is 12.8 Å². The molecule has 36 heavy (non-hydrogen) atoms. The molecule has 0 fully saturated rings. The number of halogens is 1. The Labute approximate surface area is 209 Å². The van der Waals surface area contributed by atoms with Gasteiger partial charge in [-0.15, -0.1) is 0 Å². The second-order valence-electron chi connectivity index (χ2n) is 8.59. The Hall–Kier alpha value is -4.17. The number of carbonyl (C=O) groups is 1. The molecule has 0 aromatic heterocycles. The van der Waals surface area contributed by atoms with Crippen molar-refractivity contribution in [1.29, 1.82) is 0 Å². The van der Waals surface area contributed by atoms with E-state index in [1.807, 2.05) is 12.1 Å². The third-order valence-corrected chi connectivity index (χ3v) is 7.49. The summed E-state index contributed by atoms with van der Waals surface area (Å²) < 4.78 is 40.6. The number of rotatable bonds is 7. The standard InChI is InChI=1S/C28H24FN3O3S/c29-23-9-11-25(12-10-23)31-36(34,35)26-15-13-24(14-16-26)30-28(33)22-7-5-20(6-8-22)19-32-18-17-21-3-1-2-4-27(21)32/h1-16,31H,17-19H2,(H,30,33). The molecule has 4 aromatic rings. The first kappa shape index (κ1) is 23.6. The summed E-state index contributed by atoms with van der Waals surface area (Å²) in [5.41, 5.74) is 4.97. The molecular formula is C28H24FN3O3S. The van der Waals surface area contributed by atoms with E-state index in [1.54, 1.807) is 12.1 Å². The van der Waals surface area contributed by atoms with Crippen molar-refractivity contribution in [3.63, 3.8) is 0 Å². The van der Waals surface area contributed by atoms with Crippen LogP contribution in [0.5, 0.6) is 0 Å². The number of amides is 1. The highest BCUT2D eigenvalue weighted by molar-refractivity contribution is 7.92. The second kappa shape index (κ2) is 9.83. The van der Waals surface area contributed by atoms with Crippen LogP contribution in [0.1, 0.15) is 21.5 Å². The number of nitrogens with one attached hydrogen (secondary N) is 2. The van der Waals surface area contributed by atoms with Gasteiger partial charge in [0, 0.05) is 35.7 Å². The maximum atomic E-state index is 13.1. The first-order chi connectivity index (χ1) is 17.4. The second-order valence-corrected chi connectivity index (χ2v) is 10.3. The molecule has 0 bridgehead atoms. The molecule has 8 heteroatoms. The highest BCUT2D eigenvalue weighted by Gasteiger charge is 2.18. The number of nitrogens with zero attached hydrogens (tertiary/aromatic N) is 1. The zero-order valence-corrected chi connectivity index (χ0v) is 20.1. The molecule has 1 aliphatic rings. The lowest BCUT2D eigenvalue weighted by Gasteiger charge is -2.19. The molecule has 0 unspecified atom stereocenters. The van der Waals surface area contributed by atoms with Crippen LogP contribution in [0.15, 0.2) is 102 Å². The molecule has 0 saturated heterocycles. The molecule has 0 radical (unpaired) electrons. The molecular weight excluding hydrogens is 477 g/mol. The van der Waals surface area contributed by atoms with E-state index in [0.717, 1.165) is 25.1 Å². The van der Waals surface area contributed by atoms with Crippen LogP contribution in [0.4, 0.5) is 21.5 Å². The first-order valence-corrected chi connectivity index (χ1v) is 13.0. The van der Waals surface area contributed by atoms with Crippen LogP contribution >= 0.6 is 0 Å². The molecule has 0 saturated carbocycles. The van der Waals surface area contributed by atoms with Gasteiger partial charge in [0.15, 0.2) is 0 Å². The van der Waals surface area contributed by atoms with E-state index in [-0.39, 0.29) is 16.5 Å². The van der Waals surface area contributed by atoms with Crippen molar-refractivity contribution in [2.45, 2.75) is 17.9 Å². The zero-order chi connectivity index (χ0) is 25.1. The van der Waals surface area contributed by atoms with E-state index in [2.05, 4.69) is 39.2 Å². The third kappa shape index (κ3) is 5.23. The Morgan fingerprint density at radius 2 is 1.50 bits per heavy atom. The average Bonchev–Trinajstić information content (AvgIpc) is 3.29. The van der Waals surface area contributed by atoms with Gasteiger partial charge in [-0.2, -0.15) is 0 Å². The Morgan fingerprint density at radius 3 is 2.22 bits per heavy atom. The van der Waals surface area contributed by atoms with Crippen LogP contribution < -0.4 is 14.9 Å². The van der Waals surface area contributed by atoms with Crippen molar-refractivity contribution in [2.24, 2.45) is 0 Å². The summed E-state index contributed by atoms with van der Waals surface area (Å²) >= 11 is 0. The molecule has 4 aromatic carbocycles. The van der Waals surface area contributed by atoms with Crippen molar-refractivity contribution in [3.8, 4) is 0 Å². The fraction of sp³-hybridized carbons (Fsp3) is 0.107. The SMILES string of the molecule is O=C(Nc1ccc(S(=O)(=O)Nc2ccc(F)cc2)cc1)c1ccc(CN2CCc3ccccc32)cc1. The number of carbonyl (C=O) groups excluding carboxylic acids is 1. The van der Waals surface area contributed by atoms with Crippen LogP contribution in [-0.2, 0) is 23.0 Å². The van der Waals surface area contributed by atoms with Crippen LogP contribution in [0.3, 0.4) is 0 Å². The summed E-state index contributed by atoms with van der Waals surface area (Å²) in [5, 5.41) is 2.79. The third-order valence-electron chi connectivity index (χ3n) is 6.09. The quantitative estimate of drug-likeness (QED) is 0.353. The minimum absolute atomic E-state index is 0.0256. The smallest absolute Gasteiger partial charge is 0.261 e. The molecule has 0 atom stereocenters. The number of hydrogen-bond donors (Lipinski definition) is 2. The minimum atomic E-state index is -3.85. The molecule has 1 aliphatic heterocycles. The van der Waals surface area contributed by atoms with E-state index in [4.69, 9.17) is 0 Å². The van der Waals surface area contributed by atoms with E-state index < -0.39 is 15.8 Å². The number of anilines is 3. The molecule has 2 N–H and O–H groups in total. The van der Waals surface area contributed by atoms with Gasteiger partial charge in [-0.05, 0) is 84.3 Å². The first-order valence-electron chi connectivity index (χ1n) is 11.5. The van der Waals surface area contributed by atoms with E-state index in [0.29, 0.717) is 11.3 Å². The van der Waals surface area contributed by atoms with Gasteiger partial charge < -0.3 is 10.2 Å². The maximum absolute atomic E-state index is 13.1. The maximum Gasteiger partial charge on any atom is 0.261 e. The highest BCUT2D eigenvalue weighted by Crippen LogP contribution is 2.29. The number of benzene rings is 4. The number of sulfonamides is 1. The predicted octanol–water partition coefficient (Wildman–Crippen LogP) is 5.44. The minimum Gasteiger partial charge on any atom is -0.367 e. The highest BCUT2D eigenvalue weighted by atomic mass is 32.2. The van der Waals surface area contributed by atoms with Crippen LogP contribution in [0.25, 0.3) is 0 Å². The fourth-order valence-corrected chi connectivity index (χ4v) is 5.26. The van der Waals surface area contributed by atoms with Crippen molar-refractivity contribution in [1.82, 2.24) is 0 Å². The Kier molecular flexibility index (Phi) is 6.43. The van der Waals surface area contributed by atoms with Crippen LogP contribution in [-0.4, -0.2) is 20.9 Å². The Bertz CT molecular complexity index is 1490. The molecule has 1 heterocycles. The van der Waals surface area contributed by atoms with Gasteiger partial charge in [-0.3, -0.25) is 9.52 Å². The Morgan fingerprint density at radius 1 is 0.833 bits per heavy atom. The van der Waals surface area contributed by atoms with Crippen molar-refractivity contribution in [2.75, 3.05) is 21.5 Å². The van der Waals surface area contributed by atoms with Crippen molar-refractivity contribution in [3.05, 3.63) is 120 Å². The van der Waals surface area contributed by atoms with Crippen LogP contribution in [0.2, 0.25) is 0 Å². The Balaban J connectivity index is 1.20. The van der Waals surface area contributed by atoms with Crippen molar-refractivity contribution < 1.29 is 17.6 Å². The summed E-state index contributed by atoms with van der Waals surface area (Å²) in [6.45, 7) is 1.76. The predicted molar refractivity (Wildman–Crippen MR) is 139 cm³/mol. The summed E-state index contributed by atoms with van der Waals surface area (Å²) in [7, 11) is -3.85. The molecule has 1 amide bonds. The van der Waals surface area contributed by atoms with E-state index in [9.17, 15) is 17.6 Å². The number of fused-ring (bicyclic) bond motifs is 1. The lowest BCUT2D eigenvalue weighted by atomic mass is 10.1. The summed E-state index contributed by atoms with van der Waals surface area (Å²) in [6, 6.07) is 26.8. The molecule has 5 rings (SSSR count). The number of hydrogen-bond acceptors (Lipinski definition) is 4. The lowest BCUT2D eigenvalue weighted by molar-refractivity contribution is 0.102. The largest absolute Gasteiger partial charge is 0.367 e. The summed E-state index contributed by atoms with van der Waals surface area (Å²) in [5.74, 6) is -0.738. The molecule has 6 nitrogen and oxygen atoms in total. The molecule has 0 aliphatic carbocycles. The summed E-state index contributed by atoms with van der Waals surface area (Å²) in [6.07, 6.45) is 1.04. The molecule has 182 valence electrons. The van der Waals surface area contributed by atoms with Gasteiger partial charge in [0.1, 0.15) is 5.82 Å². The fourth-order valence-electron chi connectivity index (χ4n) is 4.21. The van der Waals surface area contributed by atoms with Crippen LogP contribution in [0, 0.1) is 5.82 Å².